The summed E-state index contributed by atoms with van der Waals surface area (Å²) in [5, 5.41) is 19.5. The molecule has 2 aromatic carbocycles. The number of carbonyl (C=O) groups excluding carboxylic acids is 3. The van der Waals surface area contributed by atoms with E-state index in [0.717, 1.165) is 11.8 Å². The molecule has 0 saturated carbocycles. The van der Waals surface area contributed by atoms with Crippen LogP contribution in [-0.4, -0.2) is 36.8 Å². The molecule has 3 aromatic rings. The highest BCUT2D eigenvalue weighted by molar-refractivity contribution is 8.03. The second kappa shape index (κ2) is 14.1. The third-order valence-corrected chi connectivity index (χ3v) is 7.19. The molecule has 0 aliphatic carbocycles. The van der Waals surface area contributed by atoms with Gasteiger partial charge in [0.1, 0.15) is 11.5 Å². The van der Waals surface area contributed by atoms with Gasteiger partial charge in [0.05, 0.1) is 59.0 Å². The number of rotatable bonds is 11. The highest BCUT2D eigenvalue weighted by Gasteiger charge is 2.36. The van der Waals surface area contributed by atoms with Gasteiger partial charge in [-0.25, -0.2) is 4.79 Å². The van der Waals surface area contributed by atoms with Gasteiger partial charge in [0, 0.05) is 17.1 Å². The van der Waals surface area contributed by atoms with Gasteiger partial charge in [-0.15, -0.1) is 0 Å². The van der Waals surface area contributed by atoms with Crippen molar-refractivity contribution in [2.75, 3.05) is 29.6 Å². The van der Waals surface area contributed by atoms with Crippen LogP contribution in [0.5, 0.6) is 5.75 Å². The second-order valence-electron chi connectivity index (χ2n) is 9.01. The Kier molecular flexibility index (Phi) is 10.1. The lowest BCUT2D eigenvalue weighted by Crippen LogP contribution is -2.31. The molecule has 1 aromatic heterocycles. The average molecular weight is 587 g/mol. The van der Waals surface area contributed by atoms with Gasteiger partial charge in [-0.3, -0.25) is 9.59 Å². The van der Waals surface area contributed by atoms with Gasteiger partial charge in [0.25, 0.3) is 5.91 Å². The number of ether oxygens (including phenoxy) is 2. The predicted molar refractivity (Wildman–Crippen MR) is 160 cm³/mol. The van der Waals surface area contributed by atoms with E-state index in [2.05, 4.69) is 22.0 Å². The number of nitriles is 1. The molecule has 0 saturated heterocycles. The maximum atomic E-state index is 13.6. The van der Waals surface area contributed by atoms with Gasteiger partial charge in [-0.05, 0) is 81.4 Å². The van der Waals surface area contributed by atoms with Gasteiger partial charge in [0.2, 0.25) is 5.91 Å². The first kappa shape index (κ1) is 30.0. The second-order valence-corrected chi connectivity index (χ2v) is 10.00. The van der Waals surface area contributed by atoms with Gasteiger partial charge < -0.3 is 29.8 Å². The summed E-state index contributed by atoms with van der Waals surface area (Å²) in [5.41, 5.74) is 2.48. The van der Waals surface area contributed by atoms with Crippen LogP contribution in [-0.2, 0) is 14.3 Å². The van der Waals surface area contributed by atoms with Crippen LogP contribution in [0.3, 0.4) is 0 Å². The quantitative estimate of drug-likeness (QED) is 0.246. The Morgan fingerprint density at radius 1 is 1.00 bits per heavy atom. The maximum absolute atomic E-state index is 13.6. The van der Waals surface area contributed by atoms with Gasteiger partial charge in [-0.1, -0.05) is 11.8 Å². The van der Waals surface area contributed by atoms with Crippen molar-refractivity contribution in [1.82, 2.24) is 5.32 Å². The SMILES string of the molecule is CCOC(=O)c1ccc(NC(=O)C2=C(C)NC(SCC(=O)Nc3ccc(OCC)cc3)=C(C#N)[C@@H]2c2ccco2)cc1. The van der Waals surface area contributed by atoms with Gasteiger partial charge >= 0.3 is 5.97 Å². The van der Waals surface area contributed by atoms with E-state index >= 15 is 0 Å². The van der Waals surface area contributed by atoms with E-state index in [1.807, 2.05) is 6.92 Å². The lowest BCUT2D eigenvalue weighted by molar-refractivity contribution is -0.114. The van der Waals surface area contributed by atoms with E-state index in [0.29, 0.717) is 51.4 Å². The zero-order valence-electron chi connectivity index (χ0n) is 23.4. The monoisotopic (exact) mass is 586 g/mol. The molecule has 0 unspecified atom stereocenters. The summed E-state index contributed by atoms with van der Waals surface area (Å²) < 4.78 is 16.1. The molecule has 4 rings (SSSR count). The van der Waals surface area contributed by atoms with E-state index in [9.17, 15) is 19.6 Å². The number of hydrogen-bond donors (Lipinski definition) is 3. The van der Waals surface area contributed by atoms with Crippen LogP contribution in [0.15, 0.2) is 93.2 Å². The number of furan rings is 1. The number of esters is 1. The van der Waals surface area contributed by atoms with Crippen LogP contribution >= 0.6 is 11.8 Å². The third-order valence-electron chi connectivity index (χ3n) is 6.17. The molecule has 0 radical (unpaired) electrons. The Bertz CT molecular complexity index is 1540. The van der Waals surface area contributed by atoms with E-state index in [1.165, 1.54) is 6.26 Å². The highest BCUT2D eigenvalue weighted by Crippen LogP contribution is 2.41. The van der Waals surface area contributed by atoms with Gasteiger partial charge in [0.15, 0.2) is 0 Å². The summed E-state index contributed by atoms with van der Waals surface area (Å²) in [6, 6.07) is 19.0. The molecule has 10 nitrogen and oxygen atoms in total. The normalized spacial score (nSPS) is 14.5. The zero-order valence-corrected chi connectivity index (χ0v) is 24.2. The van der Waals surface area contributed by atoms with Crippen molar-refractivity contribution in [3.63, 3.8) is 0 Å². The molecule has 1 atom stereocenters. The van der Waals surface area contributed by atoms with E-state index in [1.54, 1.807) is 74.5 Å². The van der Waals surface area contributed by atoms with Crippen molar-refractivity contribution < 1.29 is 28.3 Å². The molecular weight excluding hydrogens is 556 g/mol. The summed E-state index contributed by atoms with van der Waals surface area (Å²) in [6.07, 6.45) is 1.47. The fraction of sp³-hybridized carbons (Fsp3) is 0.226. The topological polar surface area (TPSA) is 143 Å². The molecule has 2 amide bonds. The van der Waals surface area contributed by atoms with E-state index in [-0.39, 0.29) is 23.8 Å². The van der Waals surface area contributed by atoms with Crippen LogP contribution < -0.4 is 20.7 Å². The number of nitrogens with zero attached hydrogens (tertiary/aromatic N) is 1. The molecule has 11 heteroatoms. The number of amides is 2. The molecule has 0 fully saturated rings. The maximum Gasteiger partial charge on any atom is 0.338 e. The molecule has 1 aliphatic rings. The molecule has 2 heterocycles. The first-order valence-corrected chi connectivity index (χ1v) is 14.2. The Morgan fingerprint density at radius 3 is 2.31 bits per heavy atom. The number of hydrogen-bond acceptors (Lipinski definition) is 9. The first-order valence-electron chi connectivity index (χ1n) is 13.2. The number of anilines is 2. The lowest BCUT2D eigenvalue weighted by atomic mass is 9.85. The molecule has 0 bridgehead atoms. The molecule has 1 aliphatic heterocycles. The third kappa shape index (κ3) is 7.21. The van der Waals surface area contributed by atoms with Crippen molar-refractivity contribution in [2.45, 2.75) is 26.7 Å². The van der Waals surface area contributed by atoms with Crippen molar-refractivity contribution in [2.24, 2.45) is 0 Å². The molecule has 0 spiro atoms. The minimum atomic E-state index is -0.804. The minimum Gasteiger partial charge on any atom is -0.494 e. The number of allylic oxidation sites excluding steroid dienone is 2. The Labute approximate surface area is 247 Å². The fourth-order valence-electron chi connectivity index (χ4n) is 4.31. The number of carbonyl (C=O) groups is 3. The Balaban J connectivity index is 1.51. The van der Waals surface area contributed by atoms with Crippen LogP contribution in [0, 0.1) is 11.3 Å². The van der Waals surface area contributed by atoms with Crippen LogP contribution in [0.2, 0.25) is 0 Å². The molecule has 3 N–H and O–H groups in total. The number of benzene rings is 2. The van der Waals surface area contributed by atoms with Crippen molar-refractivity contribution in [1.29, 1.82) is 5.26 Å². The summed E-state index contributed by atoms with van der Waals surface area (Å²) in [4.78, 5) is 38.2. The molecular formula is C31H30N4O6S. The minimum absolute atomic E-state index is 0.0211. The van der Waals surface area contributed by atoms with Gasteiger partial charge in [-0.2, -0.15) is 5.26 Å². The van der Waals surface area contributed by atoms with Crippen LogP contribution in [0.25, 0.3) is 0 Å². The number of thioether (sulfide) groups is 1. The van der Waals surface area contributed by atoms with Crippen molar-refractivity contribution in [3.05, 3.63) is 100 Å². The Morgan fingerprint density at radius 2 is 1.69 bits per heavy atom. The van der Waals surface area contributed by atoms with Crippen molar-refractivity contribution >= 4 is 40.9 Å². The van der Waals surface area contributed by atoms with Crippen LogP contribution in [0.4, 0.5) is 11.4 Å². The zero-order chi connectivity index (χ0) is 30.1. The average Bonchev–Trinajstić information content (AvgIpc) is 3.52. The number of nitrogens with one attached hydrogen (secondary N) is 3. The standard InChI is InChI=1S/C31H30N4O6S/c1-4-39-23-14-12-21(13-15-23)34-26(36)18-42-30-24(17-32)28(25-7-6-16-41-25)27(19(3)33-30)29(37)35-22-10-8-20(9-11-22)31(38)40-5-2/h6-16,28,33H,4-5,18H2,1-3H3,(H,34,36)(H,35,37)/t28-/m1/s1. The highest BCUT2D eigenvalue weighted by atomic mass is 32.2. The lowest BCUT2D eigenvalue weighted by Gasteiger charge is -2.28. The van der Waals surface area contributed by atoms with E-state index < -0.39 is 17.8 Å². The Hall–Kier alpha value is -4.95. The first-order chi connectivity index (χ1) is 20.3. The smallest absolute Gasteiger partial charge is 0.338 e. The predicted octanol–water partition coefficient (Wildman–Crippen LogP) is 5.56. The summed E-state index contributed by atoms with van der Waals surface area (Å²) >= 11 is 1.16. The van der Waals surface area contributed by atoms with E-state index in [4.69, 9.17) is 13.9 Å². The van der Waals surface area contributed by atoms with Crippen LogP contribution in [0.1, 0.15) is 42.8 Å². The summed E-state index contributed by atoms with van der Waals surface area (Å²) in [6.45, 7) is 6.15. The van der Waals surface area contributed by atoms with Crippen molar-refractivity contribution in [3.8, 4) is 11.8 Å². The fourth-order valence-corrected chi connectivity index (χ4v) is 5.20. The molecule has 42 heavy (non-hydrogen) atoms. The largest absolute Gasteiger partial charge is 0.494 e. The molecule has 216 valence electrons. The summed E-state index contributed by atoms with van der Waals surface area (Å²) in [5.74, 6) is -0.830. The number of dihydropyridines is 1. The summed E-state index contributed by atoms with van der Waals surface area (Å²) in [7, 11) is 0.